The molecule has 8 heteroatoms. The van der Waals surface area contributed by atoms with Crippen molar-refractivity contribution in [1.29, 1.82) is 5.26 Å². The Morgan fingerprint density at radius 2 is 1.96 bits per heavy atom. The lowest BCUT2D eigenvalue weighted by Gasteiger charge is -2.35. The molecule has 0 saturated carbocycles. The Bertz CT molecular complexity index is 792. The first-order valence-corrected chi connectivity index (χ1v) is 7.93. The highest BCUT2D eigenvalue weighted by molar-refractivity contribution is 5.78. The molecule has 25 heavy (non-hydrogen) atoms. The number of benzene rings is 1. The summed E-state index contributed by atoms with van der Waals surface area (Å²) in [4.78, 5) is 16.8. The number of nitrogens with two attached hydrogens (primary N) is 1. The van der Waals surface area contributed by atoms with Crippen molar-refractivity contribution in [3.8, 4) is 6.07 Å². The monoisotopic (exact) mass is 339 g/mol. The van der Waals surface area contributed by atoms with Gasteiger partial charge in [-0.25, -0.2) is 19.4 Å². The third-order valence-electron chi connectivity index (χ3n) is 4.02. The van der Waals surface area contributed by atoms with Gasteiger partial charge in [-0.2, -0.15) is 5.26 Å². The largest absolute Gasteiger partial charge is 0.370 e. The van der Waals surface area contributed by atoms with Crippen LogP contribution in [0.15, 0.2) is 41.7 Å². The molecule has 2 N–H and O–H groups in total. The summed E-state index contributed by atoms with van der Waals surface area (Å²) in [5.41, 5.74) is 6.80. The summed E-state index contributed by atoms with van der Waals surface area (Å²) in [6, 6.07) is 7.99. The predicted molar refractivity (Wildman–Crippen MR) is 92.3 cm³/mol. The van der Waals surface area contributed by atoms with Crippen LogP contribution in [0.3, 0.4) is 0 Å². The quantitative estimate of drug-likeness (QED) is 0.665. The first kappa shape index (κ1) is 16.6. The second kappa shape index (κ2) is 7.57. The van der Waals surface area contributed by atoms with Gasteiger partial charge in [-0.15, -0.1) is 0 Å². The summed E-state index contributed by atoms with van der Waals surface area (Å²) in [6.45, 7) is 2.95. The highest BCUT2D eigenvalue weighted by Gasteiger charge is 2.19. The Morgan fingerprint density at radius 1 is 1.24 bits per heavy atom. The first-order chi connectivity index (χ1) is 12.2. The van der Waals surface area contributed by atoms with Gasteiger partial charge in [0.05, 0.1) is 18.2 Å². The zero-order chi connectivity index (χ0) is 17.6. The average Bonchev–Trinajstić information content (AvgIpc) is 2.68. The predicted octanol–water partition coefficient (Wildman–Crippen LogP) is 1.12. The number of aliphatic imine (C=N–C) groups is 1. The van der Waals surface area contributed by atoms with Gasteiger partial charge in [-0.3, -0.25) is 0 Å². The number of hydrogen-bond donors (Lipinski definition) is 1. The van der Waals surface area contributed by atoms with E-state index in [9.17, 15) is 4.39 Å². The van der Waals surface area contributed by atoms with E-state index in [1.807, 2.05) is 11.0 Å². The van der Waals surface area contributed by atoms with Crippen LogP contribution in [-0.2, 0) is 6.54 Å². The van der Waals surface area contributed by atoms with Crippen molar-refractivity contribution in [3.63, 3.8) is 0 Å². The van der Waals surface area contributed by atoms with E-state index in [4.69, 9.17) is 11.0 Å². The zero-order valence-electron chi connectivity index (χ0n) is 13.6. The first-order valence-electron chi connectivity index (χ1n) is 7.93. The number of guanidine groups is 1. The van der Waals surface area contributed by atoms with E-state index in [0.29, 0.717) is 36.1 Å². The number of nitriles is 1. The van der Waals surface area contributed by atoms with E-state index < -0.39 is 0 Å². The van der Waals surface area contributed by atoms with Crippen molar-refractivity contribution in [2.24, 2.45) is 10.7 Å². The maximum absolute atomic E-state index is 13.8. The lowest BCUT2D eigenvalue weighted by Crippen LogP contribution is -2.51. The SMILES string of the molecule is N#Cc1ccc(F)c(CN=C(N)N2CCN(c3ncccn3)CC2)c1. The Morgan fingerprint density at radius 3 is 2.64 bits per heavy atom. The molecule has 0 aliphatic carbocycles. The van der Waals surface area contributed by atoms with Crippen LogP contribution < -0.4 is 10.6 Å². The Labute approximate surface area is 145 Å². The molecule has 1 aliphatic rings. The Kier molecular flexibility index (Phi) is 5.04. The molecule has 0 spiro atoms. The normalized spacial score (nSPS) is 15.1. The van der Waals surface area contributed by atoms with Crippen molar-refractivity contribution in [1.82, 2.24) is 14.9 Å². The van der Waals surface area contributed by atoms with Crippen molar-refractivity contribution < 1.29 is 4.39 Å². The molecule has 0 unspecified atom stereocenters. The van der Waals surface area contributed by atoms with Gasteiger partial charge in [-0.1, -0.05) is 0 Å². The summed E-state index contributed by atoms with van der Waals surface area (Å²) in [5, 5.41) is 8.90. The van der Waals surface area contributed by atoms with Crippen LogP contribution in [0.5, 0.6) is 0 Å². The topological polar surface area (TPSA) is 94.4 Å². The van der Waals surface area contributed by atoms with Gasteiger partial charge in [0.2, 0.25) is 5.95 Å². The molecular weight excluding hydrogens is 321 g/mol. The molecule has 0 atom stereocenters. The number of hydrogen-bond acceptors (Lipinski definition) is 5. The third-order valence-corrected chi connectivity index (χ3v) is 4.02. The summed E-state index contributed by atoms with van der Waals surface area (Å²) in [5.74, 6) is 0.685. The molecule has 3 rings (SSSR count). The number of halogens is 1. The summed E-state index contributed by atoms with van der Waals surface area (Å²) in [6.07, 6.45) is 3.43. The van der Waals surface area contributed by atoms with Crippen molar-refractivity contribution in [2.75, 3.05) is 31.1 Å². The highest BCUT2D eigenvalue weighted by Crippen LogP contribution is 2.12. The van der Waals surface area contributed by atoms with Gasteiger partial charge in [0, 0.05) is 44.1 Å². The van der Waals surface area contributed by atoms with E-state index in [1.165, 1.54) is 18.2 Å². The molecule has 0 amide bonds. The van der Waals surface area contributed by atoms with Crippen LogP contribution in [-0.4, -0.2) is 47.0 Å². The number of nitrogens with zero attached hydrogens (tertiary/aromatic N) is 6. The third kappa shape index (κ3) is 4.01. The molecule has 1 aliphatic heterocycles. The molecule has 2 aromatic rings. The summed E-state index contributed by atoms with van der Waals surface area (Å²) in [7, 11) is 0. The van der Waals surface area contributed by atoms with E-state index in [0.717, 1.165) is 13.1 Å². The fraction of sp³-hybridized carbons (Fsp3) is 0.294. The minimum Gasteiger partial charge on any atom is -0.370 e. The van der Waals surface area contributed by atoms with Gasteiger partial charge in [0.1, 0.15) is 5.82 Å². The van der Waals surface area contributed by atoms with Crippen LogP contribution in [0.25, 0.3) is 0 Å². The molecule has 1 saturated heterocycles. The molecule has 0 radical (unpaired) electrons. The minimum atomic E-state index is -0.387. The lowest BCUT2D eigenvalue weighted by atomic mass is 10.1. The molecule has 128 valence electrons. The van der Waals surface area contributed by atoms with E-state index in [2.05, 4.69) is 19.9 Å². The van der Waals surface area contributed by atoms with Crippen LogP contribution >= 0.6 is 0 Å². The molecular formula is C17H18FN7. The molecule has 2 heterocycles. The van der Waals surface area contributed by atoms with Crippen LogP contribution in [0, 0.1) is 17.1 Å². The van der Waals surface area contributed by atoms with Gasteiger partial charge >= 0.3 is 0 Å². The van der Waals surface area contributed by atoms with Gasteiger partial charge in [-0.05, 0) is 24.3 Å². The molecule has 1 fully saturated rings. The second-order valence-corrected chi connectivity index (χ2v) is 5.62. The van der Waals surface area contributed by atoms with E-state index in [1.54, 1.807) is 18.5 Å². The van der Waals surface area contributed by atoms with E-state index in [-0.39, 0.29) is 12.4 Å². The van der Waals surface area contributed by atoms with Crippen molar-refractivity contribution in [2.45, 2.75) is 6.54 Å². The molecule has 1 aromatic heterocycles. The smallest absolute Gasteiger partial charge is 0.225 e. The van der Waals surface area contributed by atoms with Gasteiger partial charge < -0.3 is 15.5 Å². The molecule has 1 aromatic carbocycles. The molecule has 0 bridgehead atoms. The van der Waals surface area contributed by atoms with Crippen LogP contribution in [0.2, 0.25) is 0 Å². The van der Waals surface area contributed by atoms with E-state index >= 15 is 0 Å². The fourth-order valence-corrected chi connectivity index (χ4v) is 2.62. The Balaban J connectivity index is 1.60. The highest BCUT2D eigenvalue weighted by atomic mass is 19.1. The standard InChI is InChI=1S/C17H18FN7/c18-15-3-2-13(11-19)10-14(15)12-23-16(20)24-6-8-25(9-7-24)17-21-4-1-5-22-17/h1-5,10H,6-9,12H2,(H2,20,23). The number of aromatic nitrogens is 2. The second-order valence-electron chi connectivity index (χ2n) is 5.62. The van der Waals surface area contributed by atoms with Crippen molar-refractivity contribution in [3.05, 3.63) is 53.6 Å². The zero-order valence-corrected chi connectivity index (χ0v) is 13.6. The Hall–Kier alpha value is -3.21. The summed E-state index contributed by atoms with van der Waals surface area (Å²) < 4.78 is 13.8. The lowest BCUT2D eigenvalue weighted by molar-refractivity contribution is 0.378. The fourth-order valence-electron chi connectivity index (χ4n) is 2.62. The van der Waals surface area contributed by atoms with Crippen LogP contribution in [0.4, 0.5) is 10.3 Å². The maximum Gasteiger partial charge on any atom is 0.225 e. The average molecular weight is 339 g/mol. The maximum atomic E-state index is 13.8. The number of anilines is 1. The van der Waals surface area contributed by atoms with Crippen molar-refractivity contribution >= 4 is 11.9 Å². The summed E-state index contributed by atoms with van der Waals surface area (Å²) >= 11 is 0. The van der Waals surface area contributed by atoms with Gasteiger partial charge in [0.25, 0.3) is 0 Å². The van der Waals surface area contributed by atoms with Gasteiger partial charge in [0.15, 0.2) is 5.96 Å². The van der Waals surface area contributed by atoms with Crippen LogP contribution in [0.1, 0.15) is 11.1 Å². The number of rotatable bonds is 3. The molecule has 7 nitrogen and oxygen atoms in total. The number of piperazine rings is 1. The minimum absolute atomic E-state index is 0.106.